The standard InChI is InChI=1S/C22H17N/c1-3-7-17(8-4-1)15-18-11-12-19-13-14-23-22(21(19)16-18)20-9-5-2-6-10-20/h1-14,16H,15H2. The summed E-state index contributed by atoms with van der Waals surface area (Å²) in [6, 6.07) is 29.7. The molecule has 3 aromatic carbocycles. The first-order chi connectivity index (χ1) is 11.4. The van der Waals surface area contributed by atoms with Gasteiger partial charge < -0.3 is 0 Å². The van der Waals surface area contributed by atoms with Gasteiger partial charge in [0.25, 0.3) is 0 Å². The molecule has 1 nitrogen and oxygen atoms in total. The van der Waals surface area contributed by atoms with Crippen molar-refractivity contribution in [3.8, 4) is 11.3 Å². The first-order valence-electron chi connectivity index (χ1n) is 7.87. The Kier molecular flexibility index (Phi) is 3.61. The van der Waals surface area contributed by atoms with Crippen LogP contribution in [0.15, 0.2) is 91.1 Å². The van der Waals surface area contributed by atoms with Crippen molar-refractivity contribution >= 4 is 10.8 Å². The zero-order chi connectivity index (χ0) is 15.5. The fourth-order valence-corrected chi connectivity index (χ4v) is 2.98. The molecular formula is C22H17N. The highest BCUT2D eigenvalue weighted by atomic mass is 14.7. The van der Waals surface area contributed by atoms with E-state index in [4.69, 9.17) is 0 Å². The SMILES string of the molecule is c1ccc(Cc2ccc3ccnc(-c4ccccc4)c3c2)cc1. The lowest BCUT2D eigenvalue weighted by molar-refractivity contribution is 1.20. The molecule has 4 aromatic rings. The molecule has 0 fully saturated rings. The molecule has 0 spiro atoms. The van der Waals surface area contributed by atoms with E-state index in [1.54, 1.807) is 0 Å². The number of rotatable bonds is 3. The van der Waals surface area contributed by atoms with Crippen molar-refractivity contribution in [1.29, 1.82) is 0 Å². The molecule has 0 aliphatic heterocycles. The van der Waals surface area contributed by atoms with Gasteiger partial charge in [0, 0.05) is 17.1 Å². The third-order valence-electron chi connectivity index (χ3n) is 4.13. The fourth-order valence-electron chi connectivity index (χ4n) is 2.98. The number of fused-ring (bicyclic) bond motifs is 1. The van der Waals surface area contributed by atoms with Crippen LogP contribution in [0.1, 0.15) is 11.1 Å². The Balaban J connectivity index is 1.81. The second-order valence-electron chi connectivity index (χ2n) is 5.74. The molecule has 0 unspecified atom stereocenters. The molecule has 23 heavy (non-hydrogen) atoms. The Morgan fingerprint density at radius 3 is 2.17 bits per heavy atom. The minimum Gasteiger partial charge on any atom is -0.256 e. The van der Waals surface area contributed by atoms with Crippen molar-refractivity contribution in [2.24, 2.45) is 0 Å². The Bertz CT molecular complexity index is 928. The van der Waals surface area contributed by atoms with Crippen LogP contribution in [0.5, 0.6) is 0 Å². The number of hydrogen-bond donors (Lipinski definition) is 0. The Morgan fingerprint density at radius 2 is 1.39 bits per heavy atom. The highest BCUT2D eigenvalue weighted by Crippen LogP contribution is 2.27. The van der Waals surface area contributed by atoms with Gasteiger partial charge in [0.2, 0.25) is 0 Å². The quantitative estimate of drug-likeness (QED) is 0.487. The lowest BCUT2D eigenvalue weighted by Crippen LogP contribution is -1.90. The molecule has 0 saturated heterocycles. The number of benzene rings is 3. The Hall–Kier alpha value is -2.93. The minimum atomic E-state index is 0.944. The van der Waals surface area contributed by atoms with E-state index in [0.29, 0.717) is 0 Å². The van der Waals surface area contributed by atoms with E-state index in [1.807, 2.05) is 12.3 Å². The van der Waals surface area contributed by atoms with Crippen molar-refractivity contribution < 1.29 is 0 Å². The van der Waals surface area contributed by atoms with Crippen LogP contribution >= 0.6 is 0 Å². The first-order valence-corrected chi connectivity index (χ1v) is 7.87. The summed E-state index contributed by atoms with van der Waals surface area (Å²) in [5, 5.41) is 2.45. The van der Waals surface area contributed by atoms with Crippen LogP contribution in [-0.2, 0) is 6.42 Å². The predicted octanol–water partition coefficient (Wildman–Crippen LogP) is 5.49. The molecule has 0 aliphatic carbocycles. The van der Waals surface area contributed by atoms with Crippen LogP contribution in [0.25, 0.3) is 22.0 Å². The van der Waals surface area contributed by atoms with Gasteiger partial charge in [0.1, 0.15) is 0 Å². The molecule has 1 aromatic heterocycles. The van der Waals surface area contributed by atoms with E-state index in [2.05, 4.69) is 83.8 Å². The second kappa shape index (κ2) is 6.05. The smallest absolute Gasteiger partial charge is 0.0780 e. The largest absolute Gasteiger partial charge is 0.256 e. The van der Waals surface area contributed by atoms with Gasteiger partial charge in [-0.2, -0.15) is 0 Å². The minimum absolute atomic E-state index is 0.944. The number of nitrogens with zero attached hydrogens (tertiary/aromatic N) is 1. The van der Waals surface area contributed by atoms with Crippen LogP contribution in [0.4, 0.5) is 0 Å². The van der Waals surface area contributed by atoms with Crippen molar-refractivity contribution in [3.05, 3.63) is 102 Å². The number of pyridine rings is 1. The summed E-state index contributed by atoms with van der Waals surface area (Å²) in [5.41, 5.74) is 4.86. The summed E-state index contributed by atoms with van der Waals surface area (Å²) in [6.07, 6.45) is 2.83. The van der Waals surface area contributed by atoms with Crippen molar-refractivity contribution in [2.45, 2.75) is 6.42 Å². The van der Waals surface area contributed by atoms with Crippen LogP contribution in [0.2, 0.25) is 0 Å². The van der Waals surface area contributed by atoms with Crippen molar-refractivity contribution in [1.82, 2.24) is 4.98 Å². The first kappa shape index (κ1) is 13.7. The third-order valence-corrected chi connectivity index (χ3v) is 4.13. The lowest BCUT2D eigenvalue weighted by atomic mass is 9.98. The zero-order valence-electron chi connectivity index (χ0n) is 12.8. The average molecular weight is 295 g/mol. The molecule has 110 valence electrons. The van der Waals surface area contributed by atoms with E-state index < -0.39 is 0 Å². The molecule has 4 rings (SSSR count). The predicted molar refractivity (Wildman–Crippen MR) is 96.4 cm³/mol. The Labute approximate surface area is 136 Å². The lowest BCUT2D eigenvalue weighted by Gasteiger charge is -2.08. The van der Waals surface area contributed by atoms with Gasteiger partial charge in [-0.25, -0.2) is 0 Å². The van der Waals surface area contributed by atoms with Gasteiger partial charge in [-0.1, -0.05) is 72.8 Å². The van der Waals surface area contributed by atoms with Gasteiger partial charge >= 0.3 is 0 Å². The molecule has 0 amide bonds. The van der Waals surface area contributed by atoms with Crippen LogP contribution in [0, 0.1) is 0 Å². The monoisotopic (exact) mass is 295 g/mol. The maximum atomic E-state index is 4.63. The van der Waals surface area contributed by atoms with E-state index in [-0.39, 0.29) is 0 Å². The van der Waals surface area contributed by atoms with Gasteiger partial charge in [-0.15, -0.1) is 0 Å². The van der Waals surface area contributed by atoms with Crippen LogP contribution in [0.3, 0.4) is 0 Å². The molecule has 1 heterocycles. The summed E-state index contributed by atoms with van der Waals surface area (Å²) < 4.78 is 0. The summed E-state index contributed by atoms with van der Waals surface area (Å²) in [4.78, 5) is 4.63. The number of hydrogen-bond acceptors (Lipinski definition) is 1. The summed E-state index contributed by atoms with van der Waals surface area (Å²) in [6.45, 7) is 0. The van der Waals surface area contributed by atoms with Crippen LogP contribution < -0.4 is 0 Å². The van der Waals surface area contributed by atoms with Gasteiger partial charge in [-0.05, 0) is 35.1 Å². The molecule has 0 radical (unpaired) electrons. The topological polar surface area (TPSA) is 12.9 Å². The van der Waals surface area contributed by atoms with E-state index in [0.717, 1.165) is 17.7 Å². The molecule has 0 saturated carbocycles. The normalized spacial score (nSPS) is 10.8. The van der Waals surface area contributed by atoms with E-state index >= 15 is 0 Å². The van der Waals surface area contributed by atoms with E-state index in [1.165, 1.54) is 21.9 Å². The zero-order valence-corrected chi connectivity index (χ0v) is 12.8. The highest BCUT2D eigenvalue weighted by molar-refractivity contribution is 5.94. The summed E-state index contributed by atoms with van der Waals surface area (Å²) >= 11 is 0. The van der Waals surface area contributed by atoms with Gasteiger partial charge in [0.15, 0.2) is 0 Å². The molecule has 0 atom stereocenters. The van der Waals surface area contributed by atoms with Crippen LogP contribution in [-0.4, -0.2) is 4.98 Å². The molecule has 0 aliphatic rings. The average Bonchev–Trinajstić information content (AvgIpc) is 2.63. The number of aromatic nitrogens is 1. The fraction of sp³-hybridized carbons (Fsp3) is 0.0455. The Morgan fingerprint density at radius 1 is 0.652 bits per heavy atom. The molecule has 1 heteroatoms. The van der Waals surface area contributed by atoms with Crippen molar-refractivity contribution in [3.63, 3.8) is 0 Å². The van der Waals surface area contributed by atoms with Gasteiger partial charge in [-0.3, -0.25) is 4.98 Å². The summed E-state index contributed by atoms with van der Waals surface area (Å²) in [7, 11) is 0. The molecule has 0 bridgehead atoms. The van der Waals surface area contributed by atoms with Gasteiger partial charge in [0.05, 0.1) is 5.69 Å². The maximum absolute atomic E-state index is 4.63. The summed E-state index contributed by atoms with van der Waals surface area (Å²) in [5.74, 6) is 0. The van der Waals surface area contributed by atoms with Crippen molar-refractivity contribution in [2.75, 3.05) is 0 Å². The molecule has 0 N–H and O–H groups in total. The highest BCUT2D eigenvalue weighted by Gasteiger charge is 2.06. The molecular weight excluding hydrogens is 278 g/mol. The maximum Gasteiger partial charge on any atom is 0.0780 e. The third kappa shape index (κ3) is 2.86. The van der Waals surface area contributed by atoms with E-state index in [9.17, 15) is 0 Å². The second-order valence-corrected chi connectivity index (χ2v) is 5.74.